The highest BCUT2D eigenvalue weighted by Gasteiger charge is 2.41. The van der Waals surface area contributed by atoms with Gasteiger partial charge < -0.3 is 15.2 Å². The summed E-state index contributed by atoms with van der Waals surface area (Å²) in [4.78, 5) is 25.4. The van der Waals surface area contributed by atoms with Gasteiger partial charge in [0.2, 0.25) is 5.60 Å². The van der Waals surface area contributed by atoms with Crippen molar-refractivity contribution in [3.63, 3.8) is 0 Å². The summed E-state index contributed by atoms with van der Waals surface area (Å²) < 4.78 is 5.25. The van der Waals surface area contributed by atoms with Crippen LogP contribution in [0.2, 0.25) is 0 Å². The molecule has 0 spiro atoms. The minimum Gasteiger partial charge on any atom is -0.453 e. The average Bonchev–Trinajstić information content (AvgIpc) is 2.78. The molecule has 0 atom stereocenters. The first kappa shape index (κ1) is 21.3. The standard InChI is InChI=1S/C25H25NO4/c1-18(2)21-15-9-10-16-22(21)26-23(27)17-30-24(28)25(29,19-11-5-3-6-12-19)20-13-7-4-8-14-20/h3-16,18,29H,17H2,1-2H3,(H,26,27). The van der Waals surface area contributed by atoms with Crippen LogP contribution in [0.3, 0.4) is 0 Å². The Labute approximate surface area is 176 Å². The van der Waals surface area contributed by atoms with Crippen LogP contribution in [0.4, 0.5) is 5.69 Å². The topological polar surface area (TPSA) is 75.6 Å². The van der Waals surface area contributed by atoms with Crippen molar-refractivity contribution in [3.05, 3.63) is 102 Å². The smallest absolute Gasteiger partial charge is 0.348 e. The summed E-state index contributed by atoms with van der Waals surface area (Å²) in [5.74, 6) is -1.16. The molecule has 0 unspecified atom stereocenters. The number of esters is 1. The van der Waals surface area contributed by atoms with Gasteiger partial charge in [0.05, 0.1) is 0 Å². The number of anilines is 1. The zero-order chi connectivity index (χ0) is 21.6. The summed E-state index contributed by atoms with van der Waals surface area (Å²) in [6, 6.07) is 24.6. The molecule has 30 heavy (non-hydrogen) atoms. The largest absolute Gasteiger partial charge is 0.453 e. The number of hydrogen-bond acceptors (Lipinski definition) is 4. The van der Waals surface area contributed by atoms with Gasteiger partial charge in [-0.15, -0.1) is 0 Å². The number of para-hydroxylation sites is 1. The number of amides is 1. The summed E-state index contributed by atoms with van der Waals surface area (Å²) in [6.07, 6.45) is 0. The zero-order valence-electron chi connectivity index (χ0n) is 17.0. The second kappa shape index (κ2) is 9.37. The summed E-state index contributed by atoms with van der Waals surface area (Å²) in [5, 5.41) is 14.1. The Bertz CT molecular complexity index is 960. The lowest BCUT2D eigenvalue weighted by molar-refractivity contribution is -0.163. The van der Waals surface area contributed by atoms with Gasteiger partial charge in [-0.1, -0.05) is 92.7 Å². The van der Waals surface area contributed by atoms with Crippen molar-refractivity contribution in [1.82, 2.24) is 0 Å². The lowest BCUT2D eigenvalue weighted by atomic mass is 9.86. The van der Waals surface area contributed by atoms with Crippen LogP contribution >= 0.6 is 0 Å². The molecule has 0 heterocycles. The molecule has 0 aliphatic rings. The highest BCUT2D eigenvalue weighted by atomic mass is 16.6. The molecular formula is C25H25NO4. The Morgan fingerprint density at radius 3 is 1.90 bits per heavy atom. The van der Waals surface area contributed by atoms with Gasteiger partial charge in [0.1, 0.15) is 0 Å². The molecule has 5 nitrogen and oxygen atoms in total. The van der Waals surface area contributed by atoms with E-state index in [1.165, 1.54) is 0 Å². The predicted molar refractivity (Wildman–Crippen MR) is 116 cm³/mol. The van der Waals surface area contributed by atoms with Crippen LogP contribution in [0.25, 0.3) is 0 Å². The lowest BCUT2D eigenvalue weighted by Gasteiger charge is -2.27. The van der Waals surface area contributed by atoms with Gasteiger partial charge in [-0.05, 0) is 28.7 Å². The molecular weight excluding hydrogens is 378 g/mol. The molecule has 3 aromatic rings. The fraction of sp³-hybridized carbons (Fsp3) is 0.200. The molecule has 154 valence electrons. The third-order valence-corrected chi connectivity index (χ3v) is 4.87. The quantitative estimate of drug-likeness (QED) is 0.579. The number of carbonyl (C=O) groups is 2. The maximum atomic E-state index is 12.9. The normalized spacial score (nSPS) is 11.2. The van der Waals surface area contributed by atoms with Gasteiger partial charge in [0.25, 0.3) is 5.91 Å². The summed E-state index contributed by atoms with van der Waals surface area (Å²) in [7, 11) is 0. The number of rotatable bonds is 7. The van der Waals surface area contributed by atoms with Crippen molar-refractivity contribution in [3.8, 4) is 0 Å². The van der Waals surface area contributed by atoms with Crippen molar-refractivity contribution in [1.29, 1.82) is 0 Å². The Balaban J connectivity index is 1.77. The Kier molecular flexibility index (Phi) is 6.65. The van der Waals surface area contributed by atoms with Crippen LogP contribution in [-0.2, 0) is 19.9 Å². The van der Waals surface area contributed by atoms with Crippen molar-refractivity contribution in [2.45, 2.75) is 25.4 Å². The van der Waals surface area contributed by atoms with Crippen molar-refractivity contribution >= 4 is 17.6 Å². The van der Waals surface area contributed by atoms with E-state index in [-0.39, 0.29) is 5.92 Å². The predicted octanol–water partition coefficient (Wildman–Crippen LogP) is 4.23. The van der Waals surface area contributed by atoms with Gasteiger partial charge in [-0.2, -0.15) is 0 Å². The van der Waals surface area contributed by atoms with E-state index in [9.17, 15) is 14.7 Å². The lowest BCUT2D eigenvalue weighted by Crippen LogP contribution is -2.39. The second-order valence-electron chi connectivity index (χ2n) is 7.31. The molecule has 1 amide bonds. The van der Waals surface area contributed by atoms with Crippen molar-refractivity contribution in [2.24, 2.45) is 0 Å². The summed E-state index contributed by atoms with van der Waals surface area (Å²) in [6.45, 7) is 3.56. The molecule has 0 fully saturated rings. The molecule has 0 aliphatic carbocycles. The van der Waals surface area contributed by atoms with Crippen LogP contribution in [0.5, 0.6) is 0 Å². The Hall–Kier alpha value is -3.44. The van der Waals surface area contributed by atoms with Gasteiger partial charge in [0, 0.05) is 5.69 Å². The first-order valence-corrected chi connectivity index (χ1v) is 9.82. The fourth-order valence-corrected chi connectivity index (χ4v) is 3.30. The van der Waals surface area contributed by atoms with Crippen molar-refractivity contribution < 1.29 is 19.4 Å². The van der Waals surface area contributed by atoms with E-state index >= 15 is 0 Å². The molecule has 0 aromatic heterocycles. The molecule has 5 heteroatoms. The molecule has 0 saturated carbocycles. The summed E-state index contributed by atoms with van der Waals surface area (Å²) in [5.41, 5.74) is 0.384. The first-order valence-electron chi connectivity index (χ1n) is 9.82. The number of carbonyl (C=O) groups excluding carboxylic acids is 2. The Morgan fingerprint density at radius 2 is 1.37 bits per heavy atom. The second-order valence-corrected chi connectivity index (χ2v) is 7.31. The Morgan fingerprint density at radius 1 is 0.867 bits per heavy atom. The molecule has 0 bridgehead atoms. The molecule has 3 rings (SSSR count). The highest BCUT2D eigenvalue weighted by Crippen LogP contribution is 2.31. The van der Waals surface area contributed by atoms with E-state index in [4.69, 9.17) is 4.74 Å². The monoisotopic (exact) mass is 403 g/mol. The number of nitrogens with one attached hydrogen (secondary N) is 1. The van der Waals surface area contributed by atoms with Crippen LogP contribution in [0.1, 0.15) is 36.5 Å². The third-order valence-electron chi connectivity index (χ3n) is 4.87. The number of hydrogen-bond donors (Lipinski definition) is 2. The third kappa shape index (κ3) is 4.58. The molecule has 0 saturated heterocycles. The maximum absolute atomic E-state index is 12.9. The fourth-order valence-electron chi connectivity index (χ4n) is 3.30. The van der Waals surface area contributed by atoms with Gasteiger partial charge in [-0.3, -0.25) is 4.79 Å². The van der Waals surface area contributed by atoms with Crippen LogP contribution in [-0.4, -0.2) is 23.6 Å². The van der Waals surface area contributed by atoms with Crippen LogP contribution < -0.4 is 5.32 Å². The van der Waals surface area contributed by atoms with E-state index in [0.717, 1.165) is 5.56 Å². The number of ether oxygens (including phenoxy) is 1. The van der Waals surface area contributed by atoms with Gasteiger partial charge >= 0.3 is 5.97 Å². The highest BCUT2D eigenvalue weighted by molar-refractivity contribution is 5.94. The molecule has 0 aliphatic heterocycles. The van der Waals surface area contributed by atoms with E-state index in [0.29, 0.717) is 16.8 Å². The van der Waals surface area contributed by atoms with E-state index in [1.807, 2.05) is 32.0 Å². The van der Waals surface area contributed by atoms with E-state index in [1.54, 1.807) is 66.7 Å². The van der Waals surface area contributed by atoms with E-state index in [2.05, 4.69) is 5.32 Å². The zero-order valence-corrected chi connectivity index (χ0v) is 17.0. The van der Waals surface area contributed by atoms with E-state index < -0.39 is 24.1 Å². The van der Waals surface area contributed by atoms with Gasteiger partial charge in [-0.25, -0.2) is 4.79 Å². The molecule has 0 radical (unpaired) electrons. The number of benzene rings is 3. The molecule has 3 aromatic carbocycles. The van der Waals surface area contributed by atoms with Crippen molar-refractivity contribution in [2.75, 3.05) is 11.9 Å². The summed E-state index contributed by atoms with van der Waals surface area (Å²) >= 11 is 0. The average molecular weight is 403 g/mol. The first-order chi connectivity index (χ1) is 14.4. The SMILES string of the molecule is CC(C)c1ccccc1NC(=O)COC(=O)C(O)(c1ccccc1)c1ccccc1. The maximum Gasteiger partial charge on any atom is 0.348 e. The molecule has 2 N–H and O–H groups in total. The van der Waals surface area contributed by atoms with Gasteiger partial charge in [0.15, 0.2) is 6.61 Å². The minimum atomic E-state index is -2.02. The van der Waals surface area contributed by atoms with Crippen LogP contribution in [0, 0.1) is 0 Å². The van der Waals surface area contributed by atoms with Crippen LogP contribution in [0.15, 0.2) is 84.9 Å². The number of aliphatic hydroxyl groups is 1. The minimum absolute atomic E-state index is 0.227.